The Kier molecular flexibility index (Phi) is 3.50. The van der Waals surface area contributed by atoms with E-state index in [1.807, 2.05) is 12.1 Å². The number of nitrogens with one attached hydrogen (secondary N) is 1. The summed E-state index contributed by atoms with van der Waals surface area (Å²) in [5, 5.41) is 30.2. The Hall–Kier alpha value is -2.46. The first-order chi connectivity index (χ1) is 11.6. The van der Waals surface area contributed by atoms with E-state index in [1.165, 1.54) is 6.33 Å². The van der Waals surface area contributed by atoms with E-state index in [1.54, 1.807) is 17.0 Å². The molecule has 4 unspecified atom stereocenters. The van der Waals surface area contributed by atoms with Crippen molar-refractivity contribution in [2.45, 2.75) is 24.5 Å². The van der Waals surface area contributed by atoms with Gasteiger partial charge in [0.15, 0.2) is 6.23 Å². The molecule has 1 aliphatic rings. The van der Waals surface area contributed by atoms with Gasteiger partial charge in [-0.3, -0.25) is 0 Å². The minimum Gasteiger partial charge on any atom is -0.394 e. The average Bonchev–Trinajstić information content (AvgIpc) is 3.28. The Bertz CT molecular complexity index is 862. The number of aliphatic hydroxyl groups is 3. The van der Waals surface area contributed by atoms with Crippen molar-refractivity contribution in [2.75, 3.05) is 12.3 Å². The van der Waals surface area contributed by atoms with Gasteiger partial charge < -0.3 is 35.3 Å². The highest BCUT2D eigenvalue weighted by Crippen LogP contribution is 2.37. The number of fused-ring (bicyclic) bond motifs is 1. The van der Waals surface area contributed by atoms with E-state index in [0.29, 0.717) is 16.9 Å². The predicted octanol–water partition coefficient (Wildman–Crippen LogP) is -0.380. The molecule has 126 valence electrons. The maximum atomic E-state index is 10.3. The molecule has 24 heavy (non-hydrogen) atoms. The third-order valence-corrected chi connectivity index (χ3v) is 4.32. The molecule has 3 aromatic rings. The Balaban J connectivity index is 1.90. The van der Waals surface area contributed by atoms with E-state index in [9.17, 15) is 15.3 Å². The molecule has 0 spiro atoms. The van der Waals surface area contributed by atoms with E-state index in [4.69, 9.17) is 10.5 Å². The number of rotatable bonds is 3. The molecule has 3 aromatic heterocycles. The molecule has 0 aromatic carbocycles. The fourth-order valence-electron chi connectivity index (χ4n) is 3.11. The zero-order valence-corrected chi connectivity index (χ0v) is 12.6. The van der Waals surface area contributed by atoms with Crippen LogP contribution < -0.4 is 5.73 Å². The number of aliphatic hydroxyl groups excluding tert-OH is 3. The molecule has 4 rings (SSSR count). The molecule has 6 N–H and O–H groups in total. The molecule has 0 bridgehead atoms. The van der Waals surface area contributed by atoms with Crippen LogP contribution in [-0.4, -0.2) is 59.8 Å². The zero-order chi connectivity index (χ0) is 16.8. The van der Waals surface area contributed by atoms with Crippen molar-refractivity contribution in [3.63, 3.8) is 0 Å². The van der Waals surface area contributed by atoms with Gasteiger partial charge in [-0.15, -0.1) is 0 Å². The number of nitrogens with two attached hydrogens (primary N) is 1. The molecule has 9 nitrogen and oxygen atoms in total. The van der Waals surface area contributed by atoms with Gasteiger partial charge in [0.05, 0.1) is 12.0 Å². The van der Waals surface area contributed by atoms with Crippen molar-refractivity contribution in [1.82, 2.24) is 19.5 Å². The van der Waals surface area contributed by atoms with Crippen molar-refractivity contribution in [3.8, 4) is 11.3 Å². The van der Waals surface area contributed by atoms with Crippen LogP contribution in [0.2, 0.25) is 0 Å². The van der Waals surface area contributed by atoms with Crippen LogP contribution in [0.5, 0.6) is 0 Å². The molecular formula is C15H17N5O4. The quantitative estimate of drug-likeness (QED) is 0.440. The number of aromatic nitrogens is 4. The van der Waals surface area contributed by atoms with Crippen molar-refractivity contribution >= 4 is 16.9 Å². The summed E-state index contributed by atoms with van der Waals surface area (Å²) < 4.78 is 7.21. The fraction of sp³-hybridized carbons (Fsp3) is 0.333. The highest BCUT2D eigenvalue weighted by atomic mass is 16.6. The standard InChI is InChI=1S/C15H17N5O4/c16-13-10-7(8-2-1-3-17-8)4-20(14(10)19-6-18-13)15-12(23)11(22)9(5-21)24-15/h1-4,6,9,11-12,15,17,21-23H,5H2,(H2,16,18,19). The minimum absolute atomic E-state index is 0.301. The second-order valence-corrected chi connectivity index (χ2v) is 5.72. The SMILES string of the molecule is Nc1ncnc2c1c(-c1ccc[nH]1)cn2C1OC(CO)C(O)C1O. The number of H-pyrrole nitrogens is 1. The summed E-state index contributed by atoms with van der Waals surface area (Å²) in [6.07, 6.45) is 0.699. The number of nitrogen functional groups attached to an aromatic ring is 1. The van der Waals surface area contributed by atoms with Crippen LogP contribution in [-0.2, 0) is 4.74 Å². The largest absolute Gasteiger partial charge is 0.394 e. The first-order valence-corrected chi connectivity index (χ1v) is 7.49. The molecule has 1 saturated heterocycles. The molecule has 4 heterocycles. The normalized spacial score (nSPS) is 27.1. The highest BCUT2D eigenvalue weighted by Gasteiger charge is 2.44. The first kappa shape index (κ1) is 15.1. The Labute approximate surface area is 136 Å². The molecule has 0 aliphatic carbocycles. The van der Waals surface area contributed by atoms with Crippen LogP contribution in [0.3, 0.4) is 0 Å². The van der Waals surface area contributed by atoms with Crippen LogP contribution in [0.15, 0.2) is 30.9 Å². The second kappa shape index (κ2) is 5.56. The van der Waals surface area contributed by atoms with Crippen molar-refractivity contribution in [3.05, 3.63) is 30.9 Å². The molecule has 0 saturated carbocycles. The molecule has 1 fully saturated rings. The van der Waals surface area contributed by atoms with E-state index >= 15 is 0 Å². The van der Waals surface area contributed by atoms with Crippen molar-refractivity contribution < 1.29 is 20.1 Å². The number of hydrogen-bond acceptors (Lipinski definition) is 7. The Morgan fingerprint density at radius 2 is 2.12 bits per heavy atom. The molecular weight excluding hydrogens is 314 g/mol. The average molecular weight is 331 g/mol. The van der Waals surface area contributed by atoms with E-state index < -0.39 is 31.1 Å². The number of ether oxygens (including phenoxy) is 1. The Morgan fingerprint density at radius 3 is 2.79 bits per heavy atom. The first-order valence-electron chi connectivity index (χ1n) is 7.49. The van der Waals surface area contributed by atoms with Gasteiger partial charge in [0.1, 0.15) is 36.1 Å². The maximum absolute atomic E-state index is 10.3. The number of nitrogens with zero attached hydrogens (tertiary/aromatic N) is 3. The zero-order valence-electron chi connectivity index (χ0n) is 12.6. The summed E-state index contributed by atoms with van der Waals surface area (Å²) in [4.78, 5) is 11.4. The van der Waals surface area contributed by atoms with Gasteiger partial charge in [-0.25, -0.2) is 9.97 Å². The van der Waals surface area contributed by atoms with Crippen LogP contribution >= 0.6 is 0 Å². The molecule has 4 atom stereocenters. The molecule has 0 amide bonds. The van der Waals surface area contributed by atoms with Crippen LogP contribution in [0.1, 0.15) is 6.23 Å². The summed E-state index contributed by atoms with van der Waals surface area (Å²) in [7, 11) is 0. The van der Waals surface area contributed by atoms with Gasteiger partial charge >= 0.3 is 0 Å². The Morgan fingerprint density at radius 1 is 1.29 bits per heavy atom. The molecule has 9 heteroatoms. The summed E-state index contributed by atoms with van der Waals surface area (Å²) in [6.45, 7) is -0.394. The second-order valence-electron chi connectivity index (χ2n) is 5.72. The van der Waals surface area contributed by atoms with Gasteiger partial charge in [-0.05, 0) is 12.1 Å². The summed E-state index contributed by atoms with van der Waals surface area (Å²) >= 11 is 0. The lowest BCUT2D eigenvalue weighted by molar-refractivity contribution is -0.0508. The lowest BCUT2D eigenvalue weighted by atomic mass is 10.1. The molecule has 0 radical (unpaired) electrons. The summed E-state index contributed by atoms with van der Waals surface area (Å²) in [5.74, 6) is 0.301. The van der Waals surface area contributed by atoms with Gasteiger partial charge in [0.2, 0.25) is 0 Å². The van der Waals surface area contributed by atoms with E-state index in [-0.39, 0.29) is 0 Å². The third kappa shape index (κ3) is 2.10. The summed E-state index contributed by atoms with van der Waals surface area (Å²) in [6, 6.07) is 3.73. The third-order valence-electron chi connectivity index (χ3n) is 4.32. The minimum atomic E-state index is -1.20. The monoisotopic (exact) mass is 331 g/mol. The van der Waals surface area contributed by atoms with Crippen LogP contribution in [0.4, 0.5) is 5.82 Å². The van der Waals surface area contributed by atoms with Gasteiger partial charge in [-0.1, -0.05) is 0 Å². The topological polar surface area (TPSA) is 142 Å². The van der Waals surface area contributed by atoms with E-state index in [2.05, 4.69) is 15.0 Å². The predicted molar refractivity (Wildman–Crippen MR) is 84.7 cm³/mol. The van der Waals surface area contributed by atoms with E-state index in [0.717, 1.165) is 11.3 Å². The number of anilines is 1. The van der Waals surface area contributed by atoms with Gasteiger partial charge in [-0.2, -0.15) is 0 Å². The highest BCUT2D eigenvalue weighted by molar-refractivity contribution is 5.99. The number of hydrogen-bond donors (Lipinski definition) is 5. The van der Waals surface area contributed by atoms with Crippen LogP contribution in [0, 0.1) is 0 Å². The van der Waals surface area contributed by atoms with Gasteiger partial charge in [0, 0.05) is 23.7 Å². The lowest BCUT2D eigenvalue weighted by Crippen LogP contribution is -2.33. The summed E-state index contributed by atoms with van der Waals surface area (Å²) in [5.41, 5.74) is 8.06. The van der Waals surface area contributed by atoms with Crippen LogP contribution in [0.25, 0.3) is 22.3 Å². The fourth-order valence-corrected chi connectivity index (χ4v) is 3.11. The smallest absolute Gasteiger partial charge is 0.164 e. The lowest BCUT2D eigenvalue weighted by Gasteiger charge is -2.17. The van der Waals surface area contributed by atoms with Crippen molar-refractivity contribution in [1.29, 1.82) is 0 Å². The maximum Gasteiger partial charge on any atom is 0.164 e. The number of aromatic amines is 1. The van der Waals surface area contributed by atoms with Crippen molar-refractivity contribution in [2.24, 2.45) is 0 Å². The molecule has 1 aliphatic heterocycles. The van der Waals surface area contributed by atoms with Gasteiger partial charge in [0.25, 0.3) is 0 Å².